The zero-order chi connectivity index (χ0) is 11.7. The maximum atomic E-state index is 11.0. The van der Waals surface area contributed by atoms with Crippen LogP contribution >= 0.6 is 15.2 Å². The van der Waals surface area contributed by atoms with Gasteiger partial charge in [0.15, 0.2) is 0 Å². The van der Waals surface area contributed by atoms with Crippen molar-refractivity contribution < 1.29 is 33.4 Å². The number of hydrogen-bond acceptors (Lipinski definition) is 4. The van der Waals surface area contributed by atoms with Gasteiger partial charge in [-0.25, -0.2) is 0 Å². The van der Waals surface area contributed by atoms with Crippen LogP contribution in [0, 0.1) is 0 Å². The normalized spacial score (nSPS) is 19.6. The second-order valence-electron chi connectivity index (χ2n) is 3.17. The summed E-state index contributed by atoms with van der Waals surface area (Å²) in [5.41, 5.74) is -2.05. The predicted molar refractivity (Wildman–Crippen MR) is 57.4 cm³/mol. The summed E-state index contributed by atoms with van der Waals surface area (Å²) in [5.74, 6) is 0. The first-order valence-electron chi connectivity index (χ1n) is 4.15. The van der Waals surface area contributed by atoms with Crippen LogP contribution in [0.2, 0.25) is 0 Å². The third-order valence-electron chi connectivity index (χ3n) is 1.97. The monoisotopic (exact) mass is 285 g/mol. The molecule has 0 atom stereocenters. The summed E-state index contributed by atoms with van der Waals surface area (Å²) in [6.07, 6.45) is 0. The Bertz CT molecular complexity index is 286. The molecule has 1 fully saturated rings. The molecule has 0 unspecified atom stereocenters. The van der Waals surface area contributed by atoms with Gasteiger partial charge in [-0.2, -0.15) is 0 Å². The molecule has 1 heterocycles. The van der Waals surface area contributed by atoms with Crippen molar-refractivity contribution in [2.75, 3.05) is 26.3 Å². The molecule has 1 rings (SSSR count). The van der Waals surface area contributed by atoms with E-state index < -0.39 is 20.7 Å². The van der Waals surface area contributed by atoms with Crippen LogP contribution < -0.4 is 0 Å². The van der Waals surface area contributed by atoms with Crippen LogP contribution in [0.15, 0.2) is 0 Å². The van der Waals surface area contributed by atoms with Crippen molar-refractivity contribution in [1.82, 2.24) is 4.90 Å². The Morgan fingerprint density at radius 2 is 1.38 bits per heavy atom. The molecule has 0 aromatic carbocycles. The van der Waals surface area contributed by atoms with Gasteiger partial charge in [0.1, 0.15) is 0 Å². The first kappa shape index (κ1) is 17.2. The second kappa shape index (κ2) is 6.41. The number of nitrogens with zero attached hydrogens (tertiary/aromatic N) is 1. The first-order chi connectivity index (χ1) is 6.73. The van der Waals surface area contributed by atoms with Crippen LogP contribution in [0.1, 0.15) is 0 Å². The molecule has 0 spiro atoms. The van der Waals surface area contributed by atoms with Crippen molar-refractivity contribution in [1.29, 1.82) is 0 Å². The van der Waals surface area contributed by atoms with E-state index >= 15 is 0 Å². The molecule has 0 aliphatic carbocycles. The summed E-state index contributed by atoms with van der Waals surface area (Å²) >= 11 is 0. The fourth-order valence-electron chi connectivity index (χ4n) is 1.43. The third-order valence-corrected chi connectivity index (χ3v) is 5.64. The maximum absolute atomic E-state index is 11.0. The SMILES string of the molecule is O=P(O)(O)C(N1CCOCC1)P(=O)(O)O.[NaH]. The number of ether oxygens (including phenoxy) is 1. The van der Waals surface area contributed by atoms with Crippen LogP contribution in [-0.4, -0.2) is 85.9 Å². The average molecular weight is 285 g/mol. The van der Waals surface area contributed by atoms with Gasteiger partial charge in [0.05, 0.1) is 13.2 Å². The van der Waals surface area contributed by atoms with Gasteiger partial charge < -0.3 is 24.3 Å². The molecular formula is C5H14NNaO7P2. The minimum atomic E-state index is -4.86. The predicted octanol–water partition coefficient (Wildman–Crippen LogP) is -1.69. The summed E-state index contributed by atoms with van der Waals surface area (Å²) in [4.78, 5) is 36.7. The Labute approximate surface area is 115 Å². The Morgan fingerprint density at radius 3 is 1.69 bits per heavy atom. The molecule has 0 aromatic rings. The van der Waals surface area contributed by atoms with Gasteiger partial charge in [-0.05, 0) is 0 Å². The van der Waals surface area contributed by atoms with E-state index in [9.17, 15) is 9.13 Å². The van der Waals surface area contributed by atoms with Crippen molar-refractivity contribution in [2.45, 2.75) is 5.52 Å². The molecular weight excluding hydrogens is 271 g/mol. The molecule has 0 saturated carbocycles. The van der Waals surface area contributed by atoms with Crippen LogP contribution in [0.5, 0.6) is 0 Å². The molecule has 0 radical (unpaired) electrons. The van der Waals surface area contributed by atoms with Gasteiger partial charge >= 0.3 is 44.7 Å². The Hall–Kier alpha value is 1.22. The van der Waals surface area contributed by atoms with Gasteiger partial charge in [0.2, 0.25) is 5.52 Å². The topological polar surface area (TPSA) is 128 Å². The molecule has 0 bridgehead atoms. The number of rotatable bonds is 3. The zero-order valence-electron chi connectivity index (χ0n) is 7.76. The zero-order valence-corrected chi connectivity index (χ0v) is 9.55. The fourth-order valence-corrected chi connectivity index (χ4v) is 4.31. The molecule has 1 aliphatic heterocycles. The molecule has 0 amide bonds. The van der Waals surface area contributed by atoms with Gasteiger partial charge in [-0.15, -0.1) is 0 Å². The van der Waals surface area contributed by atoms with E-state index in [0.717, 1.165) is 4.90 Å². The molecule has 4 N–H and O–H groups in total. The van der Waals surface area contributed by atoms with E-state index in [-0.39, 0.29) is 55.9 Å². The molecule has 8 nitrogen and oxygen atoms in total. The van der Waals surface area contributed by atoms with E-state index in [0.29, 0.717) is 0 Å². The summed E-state index contributed by atoms with van der Waals surface area (Å²) in [6, 6.07) is 0. The van der Waals surface area contributed by atoms with E-state index in [1.54, 1.807) is 0 Å². The van der Waals surface area contributed by atoms with Crippen LogP contribution in [0.4, 0.5) is 0 Å². The number of morpholine rings is 1. The quantitative estimate of drug-likeness (QED) is 0.357. The van der Waals surface area contributed by atoms with Crippen LogP contribution in [0.3, 0.4) is 0 Å². The Balaban J connectivity index is 0.00000225. The molecule has 92 valence electrons. The standard InChI is InChI=1S/C5H13NO7P2.Na.H/c7-14(8,9)5(15(10,11)12)6-1-3-13-4-2-6;;/h5H,1-4H2,(H2,7,8,9)(H2,10,11,12);;. The Morgan fingerprint density at radius 1 is 1.00 bits per heavy atom. The average Bonchev–Trinajstić information content (AvgIpc) is 2.00. The molecule has 1 saturated heterocycles. The van der Waals surface area contributed by atoms with Gasteiger partial charge in [-0.3, -0.25) is 14.0 Å². The van der Waals surface area contributed by atoms with E-state index in [2.05, 4.69) is 0 Å². The van der Waals surface area contributed by atoms with E-state index in [4.69, 9.17) is 24.3 Å². The fraction of sp³-hybridized carbons (Fsp3) is 1.00. The van der Waals surface area contributed by atoms with Crippen molar-refractivity contribution in [3.05, 3.63) is 0 Å². The first-order valence-corrected chi connectivity index (χ1v) is 7.51. The van der Waals surface area contributed by atoms with Gasteiger partial charge in [-0.1, -0.05) is 0 Å². The van der Waals surface area contributed by atoms with Crippen molar-refractivity contribution in [2.24, 2.45) is 0 Å². The van der Waals surface area contributed by atoms with Crippen molar-refractivity contribution in [3.63, 3.8) is 0 Å². The summed E-state index contributed by atoms with van der Waals surface area (Å²) < 4.78 is 26.9. The summed E-state index contributed by atoms with van der Waals surface area (Å²) in [6.45, 7) is 0.606. The van der Waals surface area contributed by atoms with Crippen LogP contribution in [0.25, 0.3) is 0 Å². The molecule has 0 aromatic heterocycles. The minimum absolute atomic E-state index is 0. The van der Waals surface area contributed by atoms with Crippen molar-refractivity contribution >= 4 is 44.7 Å². The molecule has 11 heteroatoms. The number of hydrogen-bond donors (Lipinski definition) is 4. The van der Waals surface area contributed by atoms with Gasteiger partial charge in [0, 0.05) is 13.1 Å². The summed E-state index contributed by atoms with van der Waals surface area (Å²) in [5, 5.41) is 0. The van der Waals surface area contributed by atoms with Crippen molar-refractivity contribution in [3.8, 4) is 0 Å². The Kier molecular flexibility index (Phi) is 6.89. The third kappa shape index (κ3) is 4.84. The molecule has 16 heavy (non-hydrogen) atoms. The molecule has 1 aliphatic rings. The van der Waals surface area contributed by atoms with Gasteiger partial charge in [0.25, 0.3) is 0 Å². The second-order valence-corrected chi connectivity index (χ2v) is 6.91. The van der Waals surface area contributed by atoms with E-state index in [1.165, 1.54) is 0 Å². The van der Waals surface area contributed by atoms with Crippen LogP contribution in [-0.2, 0) is 13.9 Å². The van der Waals surface area contributed by atoms with E-state index in [1.807, 2.05) is 0 Å². The summed E-state index contributed by atoms with van der Waals surface area (Å²) in [7, 11) is -9.72.